The molecule has 3 aromatic carbocycles. The van der Waals surface area contributed by atoms with E-state index in [9.17, 15) is 4.79 Å². The molecule has 6 heteroatoms. The molecule has 1 amide bonds. The molecule has 0 fully saturated rings. The molecule has 3 aromatic rings. The van der Waals surface area contributed by atoms with E-state index in [2.05, 4.69) is 5.32 Å². The first kappa shape index (κ1) is 20.6. The Morgan fingerprint density at radius 1 is 0.897 bits per heavy atom. The topological polar surface area (TPSA) is 56.8 Å². The summed E-state index contributed by atoms with van der Waals surface area (Å²) in [6.07, 6.45) is 2.00. The number of methoxy groups -OCH3 is 2. The van der Waals surface area contributed by atoms with Gasteiger partial charge in [-0.2, -0.15) is 0 Å². The molecule has 0 saturated carbocycles. The Balaban J connectivity index is 1.78. The van der Waals surface area contributed by atoms with Crippen LogP contribution in [0.2, 0.25) is 0 Å². The molecule has 0 heterocycles. The van der Waals surface area contributed by atoms with Gasteiger partial charge in [0.1, 0.15) is 12.4 Å². The van der Waals surface area contributed by atoms with E-state index in [-0.39, 0.29) is 12.5 Å². The maximum Gasteiger partial charge on any atom is 0.255 e. The summed E-state index contributed by atoms with van der Waals surface area (Å²) in [5, 5.41) is 2.94. The van der Waals surface area contributed by atoms with Crippen molar-refractivity contribution in [1.29, 1.82) is 0 Å². The molecule has 0 aliphatic rings. The number of hydrogen-bond acceptors (Lipinski definition) is 5. The van der Waals surface area contributed by atoms with Crippen molar-refractivity contribution < 1.29 is 19.0 Å². The van der Waals surface area contributed by atoms with Gasteiger partial charge >= 0.3 is 0 Å². The number of para-hydroxylation sites is 2. The monoisotopic (exact) mass is 409 g/mol. The van der Waals surface area contributed by atoms with Crippen LogP contribution in [0, 0.1) is 0 Å². The van der Waals surface area contributed by atoms with Crippen LogP contribution in [0.15, 0.2) is 71.6 Å². The molecular formula is C23H23NO4S. The Kier molecular flexibility index (Phi) is 7.03. The zero-order valence-electron chi connectivity index (χ0n) is 16.6. The number of hydrogen-bond donors (Lipinski definition) is 1. The lowest BCUT2D eigenvalue weighted by Crippen LogP contribution is -2.13. The van der Waals surface area contributed by atoms with E-state index >= 15 is 0 Å². The van der Waals surface area contributed by atoms with Crippen LogP contribution in [-0.4, -0.2) is 26.4 Å². The lowest BCUT2D eigenvalue weighted by molar-refractivity contribution is 0.102. The smallest absolute Gasteiger partial charge is 0.255 e. The van der Waals surface area contributed by atoms with Crippen molar-refractivity contribution >= 4 is 23.4 Å². The van der Waals surface area contributed by atoms with E-state index in [1.54, 1.807) is 44.2 Å². The first-order valence-corrected chi connectivity index (χ1v) is 10.2. The third kappa shape index (κ3) is 5.23. The Labute approximate surface area is 175 Å². The predicted octanol–water partition coefficient (Wildman–Crippen LogP) is 5.26. The van der Waals surface area contributed by atoms with Gasteiger partial charge < -0.3 is 19.5 Å². The summed E-state index contributed by atoms with van der Waals surface area (Å²) < 4.78 is 16.6. The highest BCUT2D eigenvalue weighted by molar-refractivity contribution is 7.98. The molecule has 0 aliphatic carbocycles. The van der Waals surface area contributed by atoms with Crippen molar-refractivity contribution in [3.63, 3.8) is 0 Å². The van der Waals surface area contributed by atoms with Gasteiger partial charge in [0.2, 0.25) is 0 Å². The van der Waals surface area contributed by atoms with Gasteiger partial charge in [-0.1, -0.05) is 18.2 Å². The number of nitrogens with one attached hydrogen (secondary N) is 1. The number of amides is 1. The van der Waals surface area contributed by atoms with Crippen LogP contribution < -0.4 is 19.5 Å². The molecule has 1 N–H and O–H groups in total. The lowest BCUT2D eigenvalue weighted by Gasteiger charge is -2.14. The van der Waals surface area contributed by atoms with E-state index in [0.29, 0.717) is 22.8 Å². The van der Waals surface area contributed by atoms with Crippen LogP contribution in [0.25, 0.3) is 0 Å². The van der Waals surface area contributed by atoms with Crippen molar-refractivity contribution in [2.45, 2.75) is 11.5 Å². The second-order valence-electron chi connectivity index (χ2n) is 6.15. The van der Waals surface area contributed by atoms with Gasteiger partial charge in [0.05, 0.1) is 14.2 Å². The van der Waals surface area contributed by atoms with Crippen LogP contribution in [0.3, 0.4) is 0 Å². The molecule has 0 saturated heterocycles. The molecule has 29 heavy (non-hydrogen) atoms. The number of carbonyl (C=O) groups is 1. The molecule has 150 valence electrons. The van der Waals surface area contributed by atoms with E-state index in [4.69, 9.17) is 14.2 Å². The minimum atomic E-state index is -0.190. The first-order chi connectivity index (χ1) is 14.1. The summed E-state index contributed by atoms with van der Waals surface area (Å²) in [6, 6.07) is 20.4. The Hall–Kier alpha value is -3.12. The molecule has 0 bridgehead atoms. The fourth-order valence-electron chi connectivity index (χ4n) is 2.83. The third-order valence-corrected chi connectivity index (χ3v) is 5.05. The standard InChI is InChI=1S/C23H23NO4S/c1-26-20-12-11-16(23(25)24-18-7-6-8-19(14-18)29-3)13-17(20)15-28-22-10-5-4-9-21(22)27-2/h4-14H,15H2,1-3H3,(H,24,25). The second-order valence-corrected chi connectivity index (χ2v) is 7.03. The predicted molar refractivity (Wildman–Crippen MR) is 116 cm³/mol. The first-order valence-electron chi connectivity index (χ1n) is 9.02. The number of rotatable bonds is 8. The molecule has 0 spiro atoms. The van der Waals surface area contributed by atoms with Crippen LogP contribution in [-0.2, 0) is 6.61 Å². The number of benzene rings is 3. The van der Waals surface area contributed by atoms with Gasteiger partial charge in [0.15, 0.2) is 11.5 Å². The number of thioether (sulfide) groups is 1. The van der Waals surface area contributed by atoms with Gasteiger partial charge in [0.25, 0.3) is 5.91 Å². The third-order valence-electron chi connectivity index (χ3n) is 4.32. The minimum absolute atomic E-state index is 0.190. The molecular weight excluding hydrogens is 386 g/mol. The largest absolute Gasteiger partial charge is 0.496 e. The van der Waals surface area contributed by atoms with Gasteiger partial charge in [-0.3, -0.25) is 4.79 Å². The van der Waals surface area contributed by atoms with Crippen molar-refractivity contribution in [2.75, 3.05) is 25.8 Å². The fraction of sp³-hybridized carbons (Fsp3) is 0.174. The van der Waals surface area contributed by atoms with E-state index in [1.807, 2.05) is 54.8 Å². The minimum Gasteiger partial charge on any atom is -0.496 e. The van der Waals surface area contributed by atoms with Crippen LogP contribution in [0.5, 0.6) is 17.2 Å². The van der Waals surface area contributed by atoms with E-state index in [1.165, 1.54) is 0 Å². The van der Waals surface area contributed by atoms with Gasteiger partial charge in [-0.05, 0) is 54.8 Å². The van der Waals surface area contributed by atoms with Gasteiger partial charge in [-0.25, -0.2) is 0 Å². The Bertz CT molecular complexity index is 990. The van der Waals surface area contributed by atoms with E-state index in [0.717, 1.165) is 16.1 Å². The maximum atomic E-state index is 12.7. The van der Waals surface area contributed by atoms with E-state index < -0.39 is 0 Å². The highest BCUT2D eigenvalue weighted by Crippen LogP contribution is 2.29. The summed E-state index contributed by atoms with van der Waals surface area (Å²) in [5.41, 5.74) is 2.05. The summed E-state index contributed by atoms with van der Waals surface area (Å²) >= 11 is 1.63. The van der Waals surface area contributed by atoms with Crippen LogP contribution in [0.4, 0.5) is 5.69 Å². The summed E-state index contributed by atoms with van der Waals surface area (Å²) in [5.74, 6) is 1.74. The molecule has 0 radical (unpaired) electrons. The Morgan fingerprint density at radius 3 is 2.38 bits per heavy atom. The van der Waals surface area contributed by atoms with Crippen molar-refractivity contribution in [2.24, 2.45) is 0 Å². The summed E-state index contributed by atoms with van der Waals surface area (Å²) in [6.45, 7) is 0.243. The van der Waals surface area contributed by atoms with Crippen molar-refractivity contribution in [3.8, 4) is 17.2 Å². The Morgan fingerprint density at radius 2 is 1.66 bits per heavy atom. The average molecular weight is 410 g/mol. The second kappa shape index (κ2) is 9.89. The summed E-state index contributed by atoms with van der Waals surface area (Å²) in [4.78, 5) is 13.8. The molecule has 3 rings (SSSR count). The van der Waals surface area contributed by atoms with Crippen molar-refractivity contribution in [3.05, 3.63) is 77.9 Å². The number of ether oxygens (including phenoxy) is 3. The van der Waals surface area contributed by atoms with Gasteiger partial charge in [-0.15, -0.1) is 11.8 Å². The normalized spacial score (nSPS) is 10.3. The lowest BCUT2D eigenvalue weighted by atomic mass is 10.1. The average Bonchev–Trinajstić information content (AvgIpc) is 2.77. The molecule has 0 unspecified atom stereocenters. The fourth-order valence-corrected chi connectivity index (χ4v) is 3.29. The summed E-state index contributed by atoms with van der Waals surface area (Å²) in [7, 11) is 3.19. The highest BCUT2D eigenvalue weighted by Gasteiger charge is 2.12. The molecule has 0 atom stereocenters. The van der Waals surface area contributed by atoms with Gasteiger partial charge in [0, 0.05) is 21.7 Å². The number of anilines is 1. The zero-order chi connectivity index (χ0) is 20.6. The molecule has 5 nitrogen and oxygen atoms in total. The molecule has 0 aromatic heterocycles. The maximum absolute atomic E-state index is 12.7. The number of carbonyl (C=O) groups excluding carboxylic acids is 1. The SMILES string of the molecule is COc1ccc(C(=O)Nc2cccc(SC)c2)cc1COc1ccccc1OC. The zero-order valence-corrected chi connectivity index (χ0v) is 17.4. The molecule has 0 aliphatic heterocycles. The quantitative estimate of drug-likeness (QED) is 0.515. The van der Waals surface area contributed by atoms with Crippen LogP contribution in [0.1, 0.15) is 15.9 Å². The van der Waals surface area contributed by atoms with Crippen molar-refractivity contribution in [1.82, 2.24) is 0 Å². The van der Waals surface area contributed by atoms with Crippen LogP contribution >= 0.6 is 11.8 Å². The highest BCUT2D eigenvalue weighted by atomic mass is 32.2.